The van der Waals surface area contributed by atoms with Gasteiger partial charge in [-0.25, -0.2) is 9.97 Å². The van der Waals surface area contributed by atoms with Gasteiger partial charge in [0.15, 0.2) is 5.75 Å². The Labute approximate surface area is 195 Å². The number of benzene rings is 2. The van der Waals surface area contributed by atoms with Crippen LogP contribution in [0.15, 0.2) is 60.8 Å². The number of aromatic amines is 1. The molecule has 166 valence electrons. The molecule has 0 spiro atoms. The molecule has 2 aromatic carbocycles. The number of ether oxygens (including phenoxy) is 1. The number of rotatable bonds is 6. The van der Waals surface area contributed by atoms with E-state index >= 15 is 0 Å². The lowest BCUT2D eigenvalue weighted by atomic mass is 10.1. The van der Waals surface area contributed by atoms with Gasteiger partial charge in [0.05, 0.1) is 40.5 Å². The van der Waals surface area contributed by atoms with Crippen LogP contribution < -0.4 is 20.7 Å². The van der Waals surface area contributed by atoms with Gasteiger partial charge in [0.1, 0.15) is 0 Å². The highest BCUT2D eigenvalue weighted by Gasteiger charge is 2.28. The fourth-order valence-corrected chi connectivity index (χ4v) is 4.11. The predicted octanol–water partition coefficient (Wildman–Crippen LogP) is 4.91. The van der Waals surface area contributed by atoms with Crippen molar-refractivity contribution in [3.05, 3.63) is 77.1 Å². The molecule has 8 nitrogen and oxygen atoms in total. The first kappa shape index (κ1) is 20.8. The van der Waals surface area contributed by atoms with Crippen LogP contribution in [0.1, 0.15) is 16.1 Å². The summed E-state index contributed by atoms with van der Waals surface area (Å²) in [6.45, 7) is 0.566. The summed E-state index contributed by atoms with van der Waals surface area (Å²) >= 11 is 6.32. The van der Waals surface area contributed by atoms with E-state index in [0.717, 1.165) is 11.4 Å². The first-order chi connectivity index (χ1) is 16.1. The molecule has 0 unspecified atom stereocenters. The van der Waals surface area contributed by atoms with Crippen molar-refractivity contribution in [3.63, 3.8) is 0 Å². The number of methoxy groups -OCH3 is 1. The molecule has 0 fully saturated rings. The Kier molecular flexibility index (Phi) is 5.58. The van der Waals surface area contributed by atoms with Gasteiger partial charge >= 0.3 is 0 Å². The maximum Gasteiger partial charge on any atom is 0.255 e. The molecule has 0 saturated carbocycles. The van der Waals surface area contributed by atoms with Crippen molar-refractivity contribution in [3.8, 4) is 17.1 Å². The summed E-state index contributed by atoms with van der Waals surface area (Å²) in [5, 5.41) is 9.94. The van der Waals surface area contributed by atoms with Crippen molar-refractivity contribution in [2.45, 2.75) is 6.42 Å². The molecule has 4 N–H and O–H groups in total. The molecular formula is C24H21ClN6O2. The number of hydrogen-bond acceptors (Lipinski definition) is 6. The predicted molar refractivity (Wildman–Crippen MR) is 129 cm³/mol. The number of aromatic nitrogens is 3. The standard InChI is InChI=1S/C24H21ClN6O2/c1-33-22-15(25)8-5-9-18(22)30-21-19-16(10-12-26-23(19)32)29-20(21)17-11-13-27-24(31-17)28-14-6-3-2-4-7-14/h2-9,11,13,29-30H,10,12H2,1H3,(H,26,32)(H,27,28,31). The maximum absolute atomic E-state index is 12.8. The minimum absolute atomic E-state index is 0.154. The number of carbonyl (C=O) groups excluding carboxylic acids is 1. The van der Waals surface area contributed by atoms with E-state index in [1.807, 2.05) is 42.5 Å². The molecule has 2 aromatic heterocycles. The number of hydrogen-bond donors (Lipinski definition) is 4. The average Bonchev–Trinajstić information content (AvgIpc) is 3.20. The third-order valence-electron chi connectivity index (χ3n) is 5.34. The number of fused-ring (bicyclic) bond motifs is 1. The summed E-state index contributed by atoms with van der Waals surface area (Å²) in [6.07, 6.45) is 2.36. The maximum atomic E-state index is 12.8. The van der Waals surface area contributed by atoms with Crippen molar-refractivity contribution < 1.29 is 9.53 Å². The zero-order valence-electron chi connectivity index (χ0n) is 17.8. The smallest absolute Gasteiger partial charge is 0.255 e. The molecule has 0 bridgehead atoms. The number of carbonyl (C=O) groups is 1. The van der Waals surface area contributed by atoms with Crippen LogP contribution in [0.4, 0.5) is 23.0 Å². The lowest BCUT2D eigenvalue weighted by molar-refractivity contribution is 0.0947. The van der Waals surface area contributed by atoms with E-state index in [1.54, 1.807) is 25.4 Å². The monoisotopic (exact) mass is 460 g/mol. The number of anilines is 4. The van der Waals surface area contributed by atoms with Crippen LogP contribution in [0.2, 0.25) is 5.02 Å². The Hall–Kier alpha value is -4.04. The molecule has 1 aliphatic rings. The second-order valence-electron chi connectivity index (χ2n) is 7.44. The summed E-state index contributed by atoms with van der Waals surface area (Å²) < 4.78 is 5.49. The zero-order chi connectivity index (χ0) is 22.8. The Morgan fingerprint density at radius 1 is 1.06 bits per heavy atom. The number of H-pyrrole nitrogens is 1. The Morgan fingerprint density at radius 3 is 2.73 bits per heavy atom. The molecule has 1 aliphatic heterocycles. The van der Waals surface area contributed by atoms with Gasteiger partial charge in [-0.15, -0.1) is 0 Å². The third-order valence-corrected chi connectivity index (χ3v) is 5.64. The van der Waals surface area contributed by atoms with Gasteiger partial charge in [-0.05, 0) is 30.3 Å². The first-order valence-electron chi connectivity index (χ1n) is 10.4. The van der Waals surface area contributed by atoms with E-state index in [4.69, 9.17) is 16.3 Å². The van der Waals surface area contributed by atoms with Gasteiger partial charge in [0.25, 0.3) is 5.91 Å². The number of amides is 1. The topological polar surface area (TPSA) is 104 Å². The van der Waals surface area contributed by atoms with Gasteiger partial charge in [-0.2, -0.15) is 0 Å². The van der Waals surface area contributed by atoms with Gasteiger partial charge in [0.2, 0.25) is 5.95 Å². The summed E-state index contributed by atoms with van der Waals surface area (Å²) in [5.41, 5.74) is 4.83. The molecule has 0 atom stereocenters. The van der Waals surface area contributed by atoms with Crippen molar-refractivity contribution in [2.75, 3.05) is 24.3 Å². The van der Waals surface area contributed by atoms with Crippen molar-refractivity contribution in [1.29, 1.82) is 0 Å². The second kappa shape index (κ2) is 8.84. The van der Waals surface area contributed by atoms with Gasteiger partial charge in [-0.3, -0.25) is 4.79 Å². The molecule has 0 saturated heterocycles. The van der Waals surface area contributed by atoms with Crippen LogP contribution in [0.3, 0.4) is 0 Å². The van der Waals surface area contributed by atoms with Crippen LogP contribution in [-0.2, 0) is 6.42 Å². The molecule has 9 heteroatoms. The number of nitrogens with one attached hydrogen (secondary N) is 4. The highest BCUT2D eigenvalue weighted by molar-refractivity contribution is 6.32. The SMILES string of the molecule is COc1c(Cl)cccc1Nc1c(-c2ccnc(Nc3ccccc3)n2)[nH]c2c1C(=O)NCC2. The summed E-state index contributed by atoms with van der Waals surface area (Å²) in [6, 6.07) is 16.9. The van der Waals surface area contributed by atoms with E-state index in [1.165, 1.54) is 0 Å². The Balaban J connectivity index is 1.60. The van der Waals surface area contributed by atoms with E-state index in [0.29, 0.717) is 58.0 Å². The first-order valence-corrected chi connectivity index (χ1v) is 10.8. The van der Waals surface area contributed by atoms with Crippen molar-refractivity contribution in [2.24, 2.45) is 0 Å². The van der Waals surface area contributed by atoms with Crippen LogP contribution >= 0.6 is 11.6 Å². The lowest BCUT2D eigenvalue weighted by Gasteiger charge is -2.17. The van der Waals surface area contributed by atoms with Crippen LogP contribution in [0.25, 0.3) is 11.4 Å². The molecule has 0 radical (unpaired) electrons. The second-order valence-corrected chi connectivity index (χ2v) is 7.84. The normalized spacial score (nSPS) is 12.6. The number of halogens is 1. The van der Waals surface area contributed by atoms with E-state index in [-0.39, 0.29) is 5.91 Å². The summed E-state index contributed by atoms with van der Waals surface area (Å²) in [4.78, 5) is 25.2. The Morgan fingerprint density at radius 2 is 1.91 bits per heavy atom. The zero-order valence-corrected chi connectivity index (χ0v) is 18.5. The molecule has 4 aromatic rings. The number of para-hydroxylation sites is 2. The van der Waals surface area contributed by atoms with Crippen LogP contribution in [0.5, 0.6) is 5.75 Å². The largest absolute Gasteiger partial charge is 0.493 e. The van der Waals surface area contributed by atoms with E-state index < -0.39 is 0 Å². The fourth-order valence-electron chi connectivity index (χ4n) is 3.85. The highest BCUT2D eigenvalue weighted by atomic mass is 35.5. The fraction of sp³-hybridized carbons (Fsp3) is 0.125. The summed E-state index contributed by atoms with van der Waals surface area (Å²) in [5.74, 6) is 0.784. The van der Waals surface area contributed by atoms with E-state index in [9.17, 15) is 4.79 Å². The Bertz CT molecular complexity index is 1320. The lowest BCUT2D eigenvalue weighted by Crippen LogP contribution is -2.31. The number of nitrogens with zero attached hydrogens (tertiary/aromatic N) is 2. The molecule has 33 heavy (non-hydrogen) atoms. The van der Waals surface area contributed by atoms with Crippen LogP contribution in [-0.4, -0.2) is 34.5 Å². The quantitative estimate of drug-likeness (QED) is 0.326. The molecule has 1 amide bonds. The molecular weight excluding hydrogens is 440 g/mol. The van der Waals surface area contributed by atoms with Gasteiger partial charge < -0.3 is 25.7 Å². The van der Waals surface area contributed by atoms with Gasteiger partial charge in [0, 0.05) is 30.5 Å². The average molecular weight is 461 g/mol. The van der Waals surface area contributed by atoms with Crippen molar-refractivity contribution >= 4 is 40.5 Å². The van der Waals surface area contributed by atoms with Gasteiger partial charge in [-0.1, -0.05) is 35.9 Å². The third kappa shape index (κ3) is 4.08. The minimum atomic E-state index is -0.154. The van der Waals surface area contributed by atoms with E-state index in [2.05, 4.69) is 30.9 Å². The summed E-state index contributed by atoms with van der Waals surface area (Å²) in [7, 11) is 1.55. The molecule has 0 aliphatic carbocycles. The van der Waals surface area contributed by atoms with Crippen LogP contribution in [0, 0.1) is 0 Å². The molecule has 3 heterocycles. The van der Waals surface area contributed by atoms with Crippen molar-refractivity contribution in [1.82, 2.24) is 20.3 Å². The molecule has 5 rings (SSSR count). The highest BCUT2D eigenvalue weighted by Crippen LogP contribution is 2.40. The minimum Gasteiger partial charge on any atom is -0.493 e.